The van der Waals surface area contributed by atoms with Crippen molar-refractivity contribution in [1.29, 1.82) is 0 Å². The number of nitrogens with zero attached hydrogens (tertiary/aromatic N) is 4. The lowest BCUT2D eigenvalue weighted by Gasteiger charge is -2.36. The van der Waals surface area contributed by atoms with Gasteiger partial charge < -0.3 is 23.8 Å². The summed E-state index contributed by atoms with van der Waals surface area (Å²) >= 11 is 0. The molecule has 7 nitrogen and oxygen atoms in total. The first-order valence-corrected chi connectivity index (χ1v) is 15.9. The Morgan fingerprint density at radius 2 is 1.82 bits per heavy atom. The van der Waals surface area contributed by atoms with E-state index < -0.39 is 13.7 Å². The number of allylic oxidation sites excluding steroid dienone is 1. The van der Waals surface area contributed by atoms with E-state index in [0.717, 1.165) is 53.8 Å². The molecule has 0 aliphatic carbocycles. The molecule has 0 bridgehead atoms. The van der Waals surface area contributed by atoms with Gasteiger partial charge in [-0.05, 0) is 46.2 Å². The minimum absolute atomic E-state index is 0.247. The lowest BCUT2D eigenvalue weighted by Crippen LogP contribution is -2.50. The molecule has 0 aromatic carbocycles. The number of hydrogen-bond acceptors (Lipinski definition) is 5. The van der Waals surface area contributed by atoms with Gasteiger partial charge in [-0.3, -0.25) is 0 Å². The summed E-state index contributed by atoms with van der Waals surface area (Å²) in [7, 11) is -1.12. The summed E-state index contributed by atoms with van der Waals surface area (Å²) in [5.74, 6) is 0.969. The molecule has 0 radical (unpaired) electrons. The zero-order chi connectivity index (χ0) is 25.3. The van der Waals surface area contributed by atoms with E-state index in [1.165, 1.54) is 5.39 Å². The van der Waals surface area contributed by atoms with Crippen LogP contribution in [-0.4, -0.2) is 67.0 Å². The van der Waals surface area contributed by atoms with Crippen LogP contribution in [0.15, 0.2) is 19.0 Å². The van der Waals surface area contributed by atoms with Crippen molar-refractivity contribution in [2.45, 2.75) is 72.6 Å². The number of carbonyl (C=O) groups excluding carboxylic acids is 1. The highest BCUT2D eigenvalue weighted by atomic mass is 28.3. The van der Waals surface area contributed by atoms with E-state index >= 15 is 0 Å². The smallest absolute Gasteiger partial charge is 0.410 e. The standard InChI is InChI=1S/C26H42N4O3Si/c1-19(2)21-17-30(18-32-14-15-34(7,8)9)22-16-27-24(20(3)23(21)22)28-10-12-29(13-11-28)25(31)33-26(4,5)6/h16-17H,1,10-15,18H2,2-9H3. The molecule has 2 aromatic rings. The van der Waals surface area contributed by atoms with Gasteiger partial charge in [0, 0.05) is 63.6 Å². The molecule has 1 aliphatic rings. The van der Waals surface area contributed by atoms with E-state index in [-0.39, 0.29) is 6.09 Å². The summed E-state index contributed by atoms with van der Waals surface area (Å²) in [6.45, 7) is 25.2. The number of amides is 1. The average Bonchev–Trinajstić information content (AvgIpc) is 3.10. The molecular weight excluding hydrogens is 444 g/mol. The molecule has 0 N–H and O–H groups in total. The van der Waals surface area contributed by atoms with E-state index in [0.29, 0.717) is 19.8 Å². The van der Waals surface area contributed by atoms with Crippen LogP contribution in [0.5, 0.6) is 0 Å². The summed E-state index contributed by atoms with van der Waals surface area (Å²) < 4.78 is 13.7. The topological polar surface area (TPSA) is 59.8 Å². The number of piperazine rings is 1. The molecule has 0 unspecified atom stereocenters. The Kier molecular flexibility index (Phi) is 7.82. The normalized spacial score (nSPS) is 15.2. The van der Waals surface area contributed by atoms with E-state index in [1.807, 2.05) is 33.9 Å². The largest absolute Gasteiger partial charge is 0.444 e. The van der Waals surface area contributed by atoms with Crippen LogP contribution >= 0.6 is 0 Å². The number of rotatable bonds is 7. The molecule has 0 spiro atoms. The van der Waals surface area contributed by atoms with Crippen molar-refractivity contribution in [3.05, 3.63) is 30.1 Å². The van der Waals surface area contributed by atoms with E-state index in [2.05, 4.69) is 48.8 Å². The highest BCUT2D eigenvalue weighted by Gasteiger charge is 2.27. The van der Waals surface area contributed by atoms with Crippen LogP contribution in [-0.2, 0) is 16.2 Å². The number of aromatic nitrogens is 2. The summed E-state index contributed by atoms with van der Waals surface area (Å²) in [5.41, 5.74) is 3.89. The number of anilines is 1. The molecule has 1 aliphatic heterocycles. The fourth-order valence-electron chi connectivity index (χ4n) is 4.15. The van der Waals surface area contributed by atoms with Crippen LogP contribution in [0.2, 0.25) is 25.7 Å². The van der Waals surface area contributed by atoms with E-state index in [1.54, 1.807) is 4.90 Å². The first-order valence-electron chi connectivity index (χ1n) is 12.2. The van der Waals surface area contributed by atoms with Gasteiger partial charge in [0.05, 0.1) is 11.7 Å². The molecule has 3 rings (SSSR count). The summed E-state index contributed by atoms with van der Waals surface area (Å²) in [4.78, 5) is 21.3. The van der Waals surface area contributed by atoms with Crippen LogP contribution in [0.25, 0.3) is 16.5 Å². The summed E-state index contributed by atoms with van der Waals surface area (Å²) in [6, 6.07) is 1.15. The van der Waals surface area contributed by atoms with Gasteiger partial charge in [0.25, 0.3) is 0 Å². The molecule has 3 heterocycles. The Hall–Kier alpha value is -2.32. The first-order chi connectivity index (χ1) is 15.8. The maximum atomic E-state index is 12.4. The number of aryl methyl sites for hydroxylation is 1. The van der Waals surface area contributed by atoms with Gasteiger partial charge in [-0.1, -0.05) is 26.2 Å². The van der Waals surface area contributed by atoms with Gasteiger partial charge >= 0.3 is 6.09 Å². The summed E-state index contributed by atoms with van der Waals surface area (Å²) in [5, 5.41) is 1.18. The second-order valence-corrected chi connectivity index (χ2v) is 17.2. The van der Waals surface area contributed by atoms with Crippen molar-refractivity contribution < 1.29 is 14.3 Å². The SMILES string of the molecule is C=C(C)c1cn(COCC[Si](C)(C)C)c2cnc(N3CCN(C(=O)OC(C)(C)C)CC3)c(C)c12. The van der Waals surface area contributed by atoms with Crippen LogP contribution in [0.1, 0.15) is 38.8 Å². The maximum Gasteiger partial charge on any atom is 0.410 e. The fourth-order valence-corrected chi connectivity index (χ4v) is 4.91. The molecule has 1 fully saturated rings. The van der Waals surface area contributed by atoms with Crippen molar-refractivity contribution >= 4 is 36.5 Å². The second kappa shape index (κ2) is 10.1. The molecule has 0 atom stereocenters. The Labute approximate surface area is 205 Å². The van der Waals surface area contributed by atoms with Crippen molar-refractivity contribution in [1.82, 2.24) is 14.5 Å². The Bertz CT molecular complexity index is 1040. The van der Waals surface area contributed by atoms with Gasteiger partial charge in [0.15, 0.2) is 0 Å². The molecule has 0 saturated carbocycles. The van der Waals surface area contributed by atoms with E-state index in [4.69, 9.17) is 14.5 Å². The van der Waals surface area contributed by atoms with Crippen molar-refractivity contribution in [2.75, 3.05) is 37.7 Å². The number of ether oxygens (including phenoxy) is 2. The molecular formula is C26H42N4O3Si. The summed E-state index contributed by atoms with van der Waals surface area (Å²) in [6.07, 6.45) is 3.84. The predicted molar refractivity (Wildman–Crippen MR) is 143 cm³/mol. The zero-order valence-corrected chi connectivity index (χ0v) is 23.3. The number of hydrogen-bond donors (Lipinski definition) is 0. The van der Waals surface area contributed by atoms with E-state index in [9.17, 15) is 4.79 Å². The lowest BCUT2D eigenvalue weighted by atomic mass is 10.0. The quantitative estimate of drug-likeness (QED) is 0.368. The molecule has 1 saturated heterocycles. The van der Waals surface area contributed by atoms with Gasteiger partial charge in [-0.25, -0.2) is 9.78 Å². The molecule has 1 amide bonds. The Morgan fingerprint density at radius 3 is 2.38 bits per heavy atom. The minimum Gasteiger partial charge on any atom is -0.444 e. The van der Waals surface area contributed by atoms with Crippen LogP contribution in [0.4, 0.5) is 10.6 Å². The minimum atomic E-state index is -1.12. The van der Waals surface area contributed by atoms with Gasteiger partial charge in [0.1, 0.15) is 18.1 Å². The predicted octanol–water partition coefficient (Wildman–Crippen LogP) is 5.75. The van der Waals surface area contributed by atoms with Crippen molar-refractivity contribution in [3.63, 3.8) is 0 Å². The molecule has 188 valence electrons. The van der Waals surface area contributed by atoms with Gasteiger partial charge in [-0.2, -0.15) is 0 Å². The molecule has 2 aromatic heterocycles. The molecule has 8 heteroatoms. The highest BCUT2D eigenvalue weighted by Crippen LogP contribution is 2.33. The zero-order valence-electron chi connectivity index (χ0n) is 22.3. The highest BCUT2D eigenvalue weighted by molar-refractivity contribution is 6.76. The van der Waals surface area contributed by atoms with Gasteiger partial charge in [0.2, 0.25) is 0 Å². The number of fused-ring (bicyclic) bond motifs is 1. The Balaban J connectivity index is 1.78. The monoisotopic (exact) mass is 486 g/mol. The molecule has 34 heavy (non-hydrogen) atoms. The average molecular weight is 487 g/mol. The van der Waals surface area contributed by atoms with Crippen LogP contribution in [0, 0.1) is 6.92 Å². The number of pyridine rings is 1. The van der Waals surface area contributed by atoms with Crippen LogP contribution in [0.3, 0.4) is 0 Å². The third-order valence-corrected chi connectivity index (χ3v) is 7.76. The van der Waals surface area contributed by atoms with Crippen molar-refractivity contribution in [3.8, 4) is 0 Å². The second-order valence-electron chi connectivity index (χ2n) is 11.6. The fraction of sp³-hybridized carbons (Fsp3) is 0.615. The number of carbonyl (C=O) groups is 1. The van der Waals surface area contributed by atoms with Gasteiger partial charge in [-0.15, -0.1) is 0 Å². The van der Waals surface area contributed by atoms with Crippen molar-refractivity contribution in [2.24, 2.45) is 0 Å². The third-order valence-electron chi connectivity index (χ3n) is 6.06. The van der Waals surface area contributed by atoms with Crippen LogP contribution < -0.4 is 4.90 Å². The third kappa shape index (κ3) is 6.42. The Morgan fingerprint density at radius 1 is 1.18 bits per heavy atom. The lowest BCUT2D eigenvalue weighted by molar-refractivity contribution is 0.0240. The first kappa shape index (κ1) is 26.3. The maximum absolute atomic E-state index is 12.4.